The normalized spacial score (nSPS) is 10.9. The molecule has 1 aromatic carbocycles. The molecule has 0 spiro atoms. The van der Waals surface area contributed by atoms with Gasteiger partial charge in [0.15, 0.2) is 0 Å². The van der Waals surface area contributed by atoms with Gasteiger partial charge in [0.25, 0.3) is 0 Å². The fourth-order valence-electron chi connectivity index (χ4n) is 2.24. The Bertz CT molecular complexity index is 997. The first-order chi connectivity index (χ1) is 11.7. The van der Waals surface area contributed by atoms with E-state index in [0.717, 1.165) is 11.1 Å². The lowest BCUT2D eigenvalue weighted by Crippen LogP contribution is -2.00. The Labute approximate surface area is 145 Å². The summed E-state index contributed by atoms with van der Waals surface area (Å²) < 4.78 is 0. The molecule has 0 saturated heterocycles. The third-order valence-corrected chi connectivity index (χ3v) is 4.16. The molecule has 0 aliphatic heterocycles. The second kappa shape index (κ2) is 5.99. The minimum absolute atomic E-state index is 0.457. The number of hydrogen-bond donors (Lipinski definition) is 1. The Morgan fingerprint density at radius 1 is 1.21 bits per heavy atom. The van der Waals surface area contributed by atoms with Crippen LogP contribution in [0, 0.1) is 0 Å². The highest BCUT2D eigenvalue weighted by molar-refractivity contribution is 7.07. The maximum absolute atomic E-state index is 6.25. The summed E-state index contributed by atoms with van der Waals surface area (Å²) in [5.41, 5.74) is 11.3. The molecule has 0 amide bonds. The molecule has 4 aromatic rings. The summed E-state index contributed by atoms with van der Waals surface area (Å²) in [5, 5.41) is 14.9. The van der Waals surface area contributed by atoms with Gasteiger partial charge in [-0.25, -0.2) is 4.98 Å². The number of pyridine rings is 1. The van der Waals surface area contributed by atoms with Crippen LogP contribution in [0.1, 0.15) is 0 Å². The van der Waals surface area contributed by atoms with Gasteiger partial charge in [0, 0.05) is 34.0 Å². The van der Waals surface area contributed by atoms with Crippen molar-refractivity contribution in [3.05, 3.63) is 52.6 Å². The van der Waals surface area contributed by atoms with Gasteiger partial charge < -0.3 is 5.73 Å². The van der Waals surface area contributed by atoms with Crippen molar-refractivity contribution in [2.45, 2.75) is 0 Å². The highest BCUT2D eigenvalue weighted by Gasteiger charge is 2.12. The molecule has 9 heteroatoms. The number of rotatable bonds is 3. The molecule has 0 aliphatic carbocycles. The molecule has 0 radical (unpaired) electrons. The van der Waals surface area contributed by atoms with Gasteiger partial charge in [0.1, 0.15) is 5.69 Å². The second-order valence-corrected chi connectivity index (χ2v) is 6.09. The Kier molecular flexibility index (Phi) is 3.68. The number of halogens is 1. The number of tetrazole rings is 1. The van der Waals surface area contributed by atoms with Gasteiger partial charge in [0.05, 0.1) is 11.2 Å². The quantitative estimate of drug-likeness (QED) is 0.606. The number of thiazole rings is 1. The lowest BCUT2D eigenvalue weighted by molar-refractivity contribution is 0.720. The van der Waals surface area contributed by atoms with Gasteiger partial charge in [-0.15, -0.1) is 26.3 Å². The predicted octanol–water partition coefficient (Wildman–Crippen LogP) is 3.08. The van der Waals surface area contributed by atoms with E-state index >= 15 is 0 Å². The molecule has 0 bridgehead atoms. The molecule has 0 atom stereocenters. The van der Waals surface area contributed by atoms with Crippen molar-refractivity contribution >= 4 is 28.6 Å². The molecule has 4 rings (SSSR count). The fraction of sp³-hybridized carbons (Fsp3) is 0. The lowest BCUT2D eigenvalue weighted by Gasteiger charge is -2.07. The molecule has 3 aromatic heterocycles. The molecule has 7 nitrogen and oxygen atoms in total. The molecular weight excluding hydrogens is 346 g/mol. The minimum atomic E-state index is 0.457. The lowest BCUT2D eigenvalue weighted by atomic mass is 10.1. The number of benzene rings is 1. The number of hydrogen-bond acceptors (Lipinski definition) is 7. The van der Waals surface area contributed by atoms with Crippen molar-refractivity contribution in [1.82, 2.24) is 30.2 Å². The Balaban J connectivity index is 1.78. The van der Waals surface area contributed by atoms with E-state index in [1.807, 2.05) is 17.5 Å². The standard InChI is InChI=1S/C15H10ClN7S/c16-10-3-9(12-6-18-2-1-13(12)17)4-11(5-10)23-21-15(20-22-23)14-7-24-8-19-14/h1-8H,(H2,17,18). The van der Waals surface area contributed by atoms with Crippen LogP contribution in [0.3, 0.4) is 0 Å². The van der Waals surface area contributed by atoms with E-state index in [1.54, 1.807) is 30.0 Å². The zero-order valence-electron chi connectivity index (χ0n) is 12.2. The number of aromatic nitrogens is 6. The van der Waals surface area contributed by atoms with Gasteiger partial charge >= 0.3 is 0 Å². The van der Waals surface area contributed by atoms with E-state index in [4.69, 9.17) is 17.3 Å². The van der Waals surface area contributed by atoms with Crippen LogP contribution in [0.2, 0.25) is 5.02 Å². The van der Waals surface area contributed by atoms with Crippen LogP contribution in [-0.4, -0.2) is 30.2 Å². The monoisotopic (exact) mass is 355 g/mol. The van der Waals surface area contributed by atoms with Crippen molar-refractivity contribution in [2.75, 3.05) is 5.73 Å². The third kappa shape index (κ3) is 2.72. The van der Waals surface area contributed by atoms with Crippen molar-refractivity contribution in [1.29, 1.82) is 0 Å². The topological polar surface area (TPSA) is 95.4 Å². The molecule has 2 N–H and O–H groups in total. The summed E-state index contributed by atoms with van der Waals surface area (Å²) in [6, 6.07) is 7.19. The molecule has 0 saturated carbocycles. The zero-order valence-corrected chi connectivity index (χ0v) is 13.7. The van der Waals surface area contributed by atoms with E-state index in [9.17, 15) is 0 Å². The van der Waals surface area contributed by atoms with Gasteiger partial charge in [0.2, 0.25) is 5.82 Å². The van der Waals surface area contributed by atoms with E-state index in [2.05, 4.69) is 25.4 Å². The summed E-state index contributed by atoms with van der Waals surface area (Å²) in [7, 11) is 0. The van der Waals surface area contributed by atoms with Crippen LogP contribution >= 0.6 is 22.9 Å². The van der Waals surface area contributed by atoms with E-state index in [1.165, 1.54) is 16.1 Å². The second-order valence-electron chi connectivity index (χ2n) is 4.94. The summed E-state index contributed by atoms with van der Waals surface area (Å²) in [6.45, 7) is 0. The molecule has 3 heterocycles. The van der Waals surface area contributed by atoms with Gasteiger partial charge in [-0.2, -0.15) is 0 Å². The maximum Gasteiger partial charge on any atom is 0.224 e. The number of nitrogens with two attached hydrogens (primary N) is 1. The predicted molar refractivity (Wildman–Crippen MR) is 92.9 cm³/mol. The largest absolute Gasteiger partial charge is 0.398 e. The van der Waals surface area contributed by atoms with Crippen LogP contribution < -0.4 is 5.73 Å². The first-order valence-electron chi connectivity index (χ1n) is 6.90. The van der Waals surface area contributed by atoms with Crippen LogP contribution in [0.5, 0.6) is 0 Å². The first kappa shape index (κ1) is 14.7. The summed E-state index contributed by atoms with van der Waals surface area (Å²) in [4.78, 5) is 9.70. The molecule has 0 aliphatic rings. The summed E-state index contributed by atoms with van der Waals surface area (Å²) >= 11 is 7.72. The average Bonchev–Trinajstić information content (AvgIpc) is 3.26. The average molecular weight is 356 g/mol. The molecule has 24 heavy (non-hydrogen) atoms. The van der Waals surface area contributed by atoms with Crippen LogP contribution in [0.4, 0.5) is 5.69 Å². The number of anilines is 1. The Hall–Kier alpha value is -2.84. The zero-order chi connectivity index (χ0) is 16.5. The van der Waals surface area contributed by atoms with Crippen molar-refractivity contribution in [3.63, 3.8) is 0 Å². The smallest absolute Gasteiger partial charge is 0.224 e. The van der Waals surface area contributed by atoms with E-state index < -0.39 is 0 Å². The SMILES string of the molecule is Nc1ccncc1-c1cc(Cl)cc(-n2nnc(-c3cscn3)n2)c1. The Morgan fingerprint density at radius 3 is 2.92 bits per heavy atom. The molecule has 0 fully saturated rings. The van der Waals surface area contributed by atoms with Crippen molar-refractivity contribution in [3.8, 4) is 28.3 Å². The van der Waals surface area contributed by atoms with Crippen LogP contribution in [0.25, 0.3) is 28.3 Å². The third-order valence-electron chi connectivity index (χ3n) is 3.35. The van der Waals surface area contributed by atoms with Gasteiger partial charge in [-0.3, -0.25) is 4.98 Å². The van der Waals surface area contributed by atoms with Gasteiger partial charge in [-0.1, -0.05) is 11.6 Å². The summed E-state index contributed by atoms with van der Waals surface area (Å²) in [5.74, 6) is 0.457. The first-order valence-corrected chi connectivity index (χ1v) is 8.22. The summed E-state index contributed by atoms with van der Waals surface area (Å²) in [6.07, 6.45) is 3.34. The number of nitrogens with zero attached hydrogens (tertiary/aromatic N) is 6. The fourth-order valence-corrected chi connectivity index (χ4v) is 3.00. The van der Waals surface area contributed by atoms with Crippen LogP contribution in [0.15, 0.2) is 47.5 Å². The molecule has 0 unspecified atom stereocenters. The van der Waals surface area contributed by atoms with Gasteiger partial charge in [-0.05, 0) is 35.0 Å². The van der Waals surface area contributed by atoms with E-state index in [-0.39, 0.29) is 0 Å². The number of nitrogen functional groups attached to an aromatic ring is 1. The van der Waals surface area contributed by atoms with Crippen LogP contribution in [-0.2, 0) is 0 Å². The van der Waals surface area contributed by atoms with Crippen molar-refractivity contribution in [2.24, 2.45) is 0 Å². The molecular formula is C15H10ClN7S. The highest BCUT2D eigenvalue weighted by Crippen LogP contribution is 2.29. The van der Waals surface area contributed by atoms with E-state index in [0.29, 0.717) is 27.9 Å². The highest BCUT2D eigenvalue weighted by atomic mass is 35.5. The minimum Gasteiger partial charge on any atom is -0.398 e. The Morgan fingerprint density at radius 2 is 2.12 bits per heavy atom. The molecule has 118 valence electrons. The van der Waals surface area contributed by atoms with Crippen molar-refractivity contribution < 1.29 is 0 Å². The maximum atomic E-state index is 6.25.